The number of ether oxygens (including phenoxy) is 2. The summed E-state index contributed by atoms with van der Waals surface area (Å²) in [6, 6.07) is 19.9. The van der Waals surface area contributed by atoms with E-state index in [0.717, 1.165) is 16.7 Å². The Morgan fingerprint density at radius 2 is 1.79 bits per heavy atom. The molecule has 0 fully saturated rings. The van der Waals surface area contributed by atoms with Gasteiger partial charge in [-0.2, -0.15) is 0 Å². The molecule has 0 aliphatic carbocycles. The van der Waals surface area contributed by atoms with Crippen molar-refractivity contribution in [1.29, 1.82) is 0 Å². The highest BCUT2D eigenvalue weighted by Crippen LogP contribution is 2.40. The molecule has 1 aliphatic heterocycles. The lowest BCUT2D eigenvalue weighted by Crippen LogP contribution is -2.38. The van der Waals surface area contributed by atoms with Crippen molar-refractivity contribution in [2.45, 2.75) is 32.1 Å². The van der Waals surface area contributed by atoms with E-state index in [1.54, 1.807) is 0 Å². The van der Waals surface area contributed by atoms with Crippen molar-refractivity contribution in [3.05, 3.63) is 101 Å². The maximum absolute atomic E-state index is 14.3. The van der Waals surface area contributed by atoms with Gasteiger partial charge in [0.1, 0.15) is 24.2 Å². The minimum Gasteiger partial charge on any atom is -0.479 e. The van der Waals surface area contributed by atoms with Crippen molar-refractivity contribution < 1.29 is 33.4 Å². The molecule has 7 nitrogen and oxygen atoms in total. The molecule has 0 amide bonds. The fraction of sp³-hybridized carbons (Fsp3) is 0.231. The van der Waals surface area contributed by atoms with Crippen LogP contribution in [-0.2, 0) is 27.4 Å². The van der Waals surface area contributed by atoms with Crippen LogP contribution < -0.4 is 4.74 Å². The Morgan fingerprint density at radius 3 is 2.56 bits per heavy atom. The van der Waals surface area contributed by atoms with E-state index < -0.39 is 30.1 Å². The first-order valence-electron chi connectivity index (χ1n) is 10.8. The first kappa shape index (κ1) is 23.3. The number of carboxylic acids is 1. The van der Waals surface area contributed by atoms with Crippen LogP contribution in [0.5, 0.6) is 5.75 Å². The molecule has 0 radical (unpaired) electrons. The van der Waals surface area contributed by atoms with E-state index in [-0.39, 0.29) is 12.4 Å². The number of aliphatic carboxylic acids is 1. The minimum atomic E-state index is -1.16. The molecule has 1 aliphatic rings. The van der Waals surface area contributed by atoms with Crippen LogP contribution in [0.2, 0.25) is 0 Å². The van der Waals surface area contributed by atoms with Crippen LogP contribution in [0.3, 0.4) is 0 Å². The molecule has 0 spiro atoms. The Hall–Kier alpha value is -3.91. The van der Waals surface area contributed by atoms with Gasteiger partial charge in [-0.1, -0.05) is 54.6 Å². The number of benzene rings is 3. The summed E-state index contributed by atoms with van der Waals surface area (Å²) in [6.07, 6.45) is -1.46. The minimum absolute atomic E-state index is 0.0409. The van der Waals surface area contributed by atoms with Gasteiger partial charge in [-0.15, -0.1) is 5.06 Å². The number of fused-ring (bicyclic) bond motifs is 1. The molecule has 3 aromatic rings. The number of halogens is 1. The highest BCUT2D eigenvalue weighted by molar-refractivity contribution is 5.72. The third kappa shape index (κ3) is 5.35. The Balaban J connectivity index is 1.64. The molecule has 1 heterocycles. The monoisotopic (exact) mass is 465 g/mol. The zero-order valence-electron chi connectivity index (χ0n) is 18.5. The number of carboxylic acid groups (broad SMARTS) is 1. The molecule has 0 aromatic heterocycles. The number of carbonyl (C=O) groups excluding carboxylic acids is 1. The van der Waals surface area contributed by atoms with E-state index in [1.165, 1.54) is 30.2 Å². The van der Waals surface area contributed by atoms with Crippen LogP contribution in [0.25, 0.3) is 0 Å². The average Bonchev–Trinajstić information content (AvgIpc) is 2.84. The van der Waals surface area contributed by atoms with Gasteiger partial charge < -0.3 is 19.4 Å². The molecule has 0 unspecified atom stereocenters. The van der Waals surface area contributed by atoms with Crippen LogP contribution in [0.15, 0.2) is 72.8 Å². The predicted octanol–water partition coefficient (Wildman–Crippen LogP) is 4.89. The maximum Gasteiger partial charge on any atom is 0.528 e. The first-order valence-corrected chi connectivity index (χ1v) is 10.8. The molecule has 0 saturated heterocycles. The van der Waals surface area contributed by atoms with Crippen molar-refractivity contribution in [1.82, 2.24) is 5.06 Å². The Morgan fingerprint density at radius 1 is 1.06 bits per heavy atom. The summed E-state index contributed by atoms with van der Waals surface area (Å²) in [5, 5.41) is 10.7. The Labute approximate surface area is 196 Å². The summed E-state index contributed by atoms with van der Waals surface area (Å²) in [7, 11) is 0. The largest absolute Gasteiger partial charge is 0.528 e. The summed E-state index contributed by atoms with van der Waals surface area (Å²) in [5.41, 5.74) is 2.95. The van der Waals surface area contributed by atoms with E-state index in [9.17, 15) is 19.1 Å². The smallest absolute Gasteiger partial charge is 0.479 e. The summed E-state index contributed by atoms with van der Waals surface area (Å²) in [6.45, 7) is 1.76. The first-order chi connectivity index (χ1) is 16.4. The Kier molecular flexibility index (Phi) is 7.08. The van der Waals surface area contributed by atoms with Gasteiger partial charge in [0.2, 0.25) is 0 Å². The van der Waals surface area contributed by atoms with Gasteiger partial charge in [-0.25, -0.2) is 14.0 Å². The fourth-order valence-corrected chi connectivity index (χ4v) is 3.88. The predicted molar refractivity (Wildman–Crippen MR) is 121 cm³/mol. The van der Waals surface area contributed by atoms with E-state index in [1.807, 2.05) is 54.6 Å². The van der Waals surface area contributed by atoms with Crippen LogP contribution in [0.1, 0.15) is 35.2 Å². The van der Waals surface area contributed by atoms with Gasteiger partial charge >= 0.3 is 12.1 Å². The maximum atomic E-state index is 14.3. The number of hydrogen-bond donors (Lipinski definition) is 1. The summed E-state index contributed by atoms with van der Waals surface area (Å²) >= 11 is 0. The van der Waals surface area contributed by atoms with Gasteiger partial charge in [0.05, 0.1) is 0 Å². The molecule has 34 heavy (non-hydrogen) atoms. The quantitative estimate of drug-likeness (QED) is 0.497. The van der Waals surface area contributed by atoms with Gasteiger partial charge in [0.25, 0.3) is 0 Å². The molecule has 4 rings (SSSR count). The molecule has 0 bridgehead atoms. The summed E-state index contributed by atoms with van der Waals surface area (Å²) in [5.74, 6) is -1.50. The molecule has 1 N–H and O–H groups in total. The summed E-state index contributed by atoms with van der Waals surface area (Å²) < 4.78 is 25.2. The zero-order chi connectivity index (χ0) is 24.1. The van der Waals surface area contributed by atoms with E-state index in [2.05, 4.69) is 0 Å². The molecule has 176 valence electrons. The third-order valence-corrected chi connectivity index (χ3v) is 5.55. The number of hydrogen-bond acceptors (Lipinski definition) is 6. The number of carbonyl (C=O) groups is 2. The SMILES string of the molecule is C[C@H](Oc1ccc(F)cc1[C@@H]1c2ccccc2CCN1OC(=O)OCc1ccccc1)C(=O)O. The second kappa shape index (κ2) is 10.4. The third-order valence-electron chi connectivity index (χ3n) is 5.55. The number of nitrogens with zero attached hydrogens (tertiary/aromatic N) is 1. The van der Waals surface area contributed by atoms with Crippen molar-refractivity contribution in [2.24, 2.45) is 0 Å². The topological polar surface area (TPSA) is 85.3 Å². The van der Waals surface area contributed by atoms with Crippen molar-refractivity contribution in [3.8, 4) is 5.75 Å². The standard InChI is InChI=1S/C26H24FNO6/c1-17(25(29)30)33-23-12-11-20(27)15-22(23)24-21-10-6-5-9-19(21)13-14-28(24)34-26(31)32-16-18-7-3-2-4-8-18/h2-12,15,17,24H,13-14,16H2,1H3,(H,29,30)/t17-,24-/m0/s1. The zero-order valence-corrected chi connectivity index (χ0v) is 18.5. The number of rotatable bonds is 7. The van der Waals surface area contributed by atoms with Gasteiger partial charge in [0.15, 0.2) is 6.10 Å². The lowest BCUT2D eigenvalue weighted by atomic mass is 9.89. The van der Waals surface area contributed by atoms with Gasteiger partial charge in [-0.05, 0) is 48.2 Å². The van der Waals surface area contributed by atoms with Crippen LogP contribution >= 0.6 is 0 Å². The number of hydroxylamine groups is 2. The molecule has 3 aromatic carbocycles. The average molecular weight is 465 g/mol. The van der Waals surface area contributed by atoms with Crippen molar-refractivity contribution in [2.75, 3.05) is 6.54 Å². The highest BCUT2D eigenvalue weighted by Gasteiger charge is 2.35. The van der Waals surface area contributed by atoms with E-state index in [4.69, 9.17) is 14.3 Å². The fourth-order valence-electron chi connectivity index (χ4n) is 3.88. The van der Waals surface area contributed by atoms with Crippen LogP contribution in [0.4, 0.5) is 9.18 Å². The van der Waals surface area contributed by atoms with Crippen molar-refractivity contribution in [3.63, 3.8) is 0 Å². The molecule has 8 heteroatoms. The highest BCUT2D eigenvalue weighted by atomic mass is 19.1. The lowest BCUT2D eigenvalue weighted by molar-refractivity contribution is -0.153. The van der Waals surface area contributed by atoms with Gasteiger partial charge in [-0.3, -0.25) is 0 Å². The Bertz CT molecular complexity index is 1170. The molecule has 2 atom stereocenters. The van der Waals surface area contributed by atoms with E-state index in [0.29, 0.717) is 18.5 Å². The second-order valence-corrected chi connectivity index (χ2v) is 7.89. The lowest BCUT2D eigenvalue weighted by Gasteiger charge is -2.36. The van der Waals surface area contributed by atoms with Crippen LogP contribution in [-0.4, -0.2) is 34.9 Å². The van der Waals surface area contributed by atoms with E-state index >= 15 is 0 Å². The van der Waals surface area contributed by atoms with Crippen LogP contribution in [0, 0.1) is 5.82 Å². The molecule has 0 saturated carbocycles. The molecular weight excluding hydrogens is 441 g/mol. The molecular formula is C26H24FNO6. The van der Waals surface area contributed by atoms with Gasteiger partial charge in [0, 0.05) is 12.1 Å². The normalized spacial score (nSPS) is 16.2. The second-order valence-electron chi connectivity index (χ2n) is 7.89. The van der Waals surface area contributed by atoms with Crippen molar-refractivity contribution >= 4 is 12.1 Å². The summed E-state index contributed by atoms with van der Waals surface area (Å²) in [4.78, 5) is 29.4.